The summed E-state index contributed by atoms with van der Waals surface area (Å²) in [5, 5.41) is 34.3. The third-order valence-electron chi connectivity index (χ3n) is 6.31. The Kier molecular flexibility index (Phi) is 9.29. The second-order valence-electron chi connectivity index (χ2n) is 8.60. The topological polar surface area (TPSA) is 145 Å². The van der Waals surface area contributed by atoms with Crippen molar-refractivity contribution in [2.75, 3.05) is 25.6 Å². The number of rotatable bonds is 10. The van der Waals surface area contributed by atoms with Crippen LogP contribution in [0.3, 0.4) is 0 Å². The fourth-order valence-electron chi connectivity index (χ4n) is 4.30. The molecule has 0 radical (unpaired) electrons. The number of aliphatic carboxylic acids is 1. The van der Waals surface area contributed by atoms with E-state index < -0.39 is 12.0 Å². The average molecular weight is 501 g/mol. The van der Waals surface area contributed by atoms with E-state index >= 15 is 0 Å². The van der Waals surface area contributed by atoms with E-state index in [2.05, 4.69) is 21.7 Å². The number of hydrogen-bond acceptors (Lipinski definition) is 7. The number of aliphatic hydroxyl groups excluding tert-OH is 1. The molecule has 2 aromatic rings. The number of nitriles is 1. The van der Waals surface area contributed by atoms with Gasteiger partial charge in [-0.2, -0.15) is 5.26 Å². The summed E-state index contributed by atoms with van der Waals surface area (Å²) in [6, 6.07) is 8.20. The molecule has 4 N–H and O–H groups in total. The molecule has 0 saturated heterocycles. The zero-order valence-corrected chi connectivity index (χ0v) is 20.2. The lowest BCUT2D eigenvalue weighted by molar-refractivity contribution is -0.143. The number of nitrogens with zero attached hydrogens (tertiary/aromatic N) is 2. The molecule has 0 aliphatic heterocycles. The molecule has 1 saturated carbocycles. The number of aliphatic hydroxyl groups is 1. The Bertz CT molecular complexity index is 1100. The predicted octanol–water partition coefficient (Wildman–Crippen LogP) is 3.77. The van der Waals surface area contributed by atoms with Crippen molar-refractivity contribution in [2.24, 2.45) is 11.8 Å². The van der Waals surface area contributed by atoms with Crippen LogP contribution in [0.15, 0.2) is 30.5 Å². The average Bonchev–Trinajstić information content (AvgIpc) is 2.87. The zero-order chi connectivity index (χ0) is 25.4. The summed E-state index contributed by atoms with van der Waals surface area (Å²) in [5.41, 5.74) is 1.44. The maximum Gasteiger partial charge on any atom is 0.306 e. The van der Waals surface area contributed by atoms with Crippen LogP contribution in [0.25, 0.3) is 0 Å². The molecule has 1 atom stereocenters. The van der Waals surface area contributed by atoms with Crippen LogP contribution in [0.5, 0.6) is 5.75 Å². The lowest BCUT2D eigenvalue weighted by atomic mass is 9.82. The first-order valence-corrected chi connectivity index (χ1v) is 11.9. The molecule has 1 heterocycles. The third kappa shape index (κ3) is 6.84. The molecular weight excluding hydrogens is 472 g/mol. The van der Waals surface area contributed by atoms with Gasteiger partial charge in [-0.3, -0.25) is 9.59 Å². The van der Waals surface area contributed by atoms with Crippen molar-refractivity contribution in [3.63, 3.8) is 0 Å². The number of methoxy groups -OCH3 is 1. The van der Waals surface area contributed by atoms with Gasteiger partial charge in [0.2, 0.25) is 0 Å². The maximum absolute atomic E-state index is 12.6. The molecule has 1 amide bonds. The molecule has 10 heteroatoms. The minimum atomic E-state index is -0.751. The summed E-state index contributed by atoms with van der Waals surface area (Å²) < 4.78 is 5.42. The highest BCUT2D eigenvalue weighted by Gasteiger charge is 2.26. The van der Waals surface area contributed by atoms with E-state index in [-0.39, 0.29) is 29.4 Å². The monoisotopic (exact) mass is 500 g/mol. The number of halogens is 1. The highest BCUT2D eigenvalue weighted by molar-refractivity contribution is 6.33. The van der Waals surface area contributed by atoms with Gasteiger partial charge < -0.3 is 25.6 Å². The molecular formula is C25H29ClN4O5. The second-order valence-corrected chi connectivity index (χ2v) is 9.01. The minimum Gasteiger partial charge on any atom is -0.496 e. The van der Waals surface area contributed by atoms with Crippen LogP contribution < -0.4 is 15.4 Å². The number of nitrogens with one attached hydrogen (secondary N) is 2. The van der Waals surface area contributed by atoms with Gasteiger partial charge >= 0.3 is 5.97 Å². The fraction of sp³-hybridized carbons (Fsp3) is 0.440. The van der Waals surface area contributed by atoms with Crippen molar-refractivity contribution in [3.05, 3.63) is 52.2 Å². The van der Waals surface area contributed by atoms with Gasteiger partial charge in [0.25, 0.3) is 5.91 Å². The molecule has 1 fully saturated rings. The van der Waals surface area contributed by atoms with Crippen LogP contribution in [-0.2, 0) is 4.79 Å². The van der Waals surface area contributed by atoms with Crippen LogP contribution in [0.4, 0.5) is 5.82 Å². The SMILES string of the molecule is COc1ccc(C#N)cc1C(CCO)Nc1ncc(C(=O)NCC2CCC(C(=O)O)CC2)cc1Cl. The Morgan fingerprint density at radius 3 is 2.63 bits per heavy atom. The number of hydrogen-bond donors (Lipinski definition) is 4. The van der Waals surface area contributed by atoms with Gasteiger partial charge in [-0.25, -0.2) is 4.98 Å². The first-order valence-electron chi connectivity index (χ1n) is 11.5. The number of aromatic nitrogens is 1. The summed E-state index contributed by atoms with van der Waals surface area (Å²) in [6.07, 6.45) is 4.52. The van der Waals surface area contributed by atoms with Gasteiger partial charge in [0.15, 0.2) is 0 Å². The number of ether oxygens (including phenoxy) is 1. The van der Waals surface area contributed by atoms with E-state index in [1.807, 2.05) is 0 Å². The van der Waals surface area contributed by atoms with Crippen molar-refractivity contribution >= 4 is 29.3 Å². The Morgan fingerprint density at radius 1 is 1.29 bits per heavy atom. The molecule has 1 aliphatic rings. The lowest BCUT2D eigenvalue weighted by Crippen LogP contribution is -2.32. The van der Waals surface area contributed by atoms with E-state index in [4.69, 9.17) is 21.4 Å². The summed E-state index contributed by atoms with van der Waals surface area (Å²) >= 11 is 6.43. The summed E-state index contributed by atoms with van der Waals surface area (Å²) in [7, 11) is 1.53. The van der Waals surface area contributed by atoms with Crippen molar-refractivity contribution in [1.29, 1.82) is 5.26 Å². The first kappa shape index (κ1) is 26.3. The van der Waals surface area contributed by atoms with Gasteiger partial charge in [-0.1, -0.05) is 11.6 Å². The lowest BCUT2D eigenvalue weighted by Gasteiger charge is -2.26. The molecule has 1 unspecified atom stereocenters. The molecule has 1 aliphatic carbocycles. The Balaban J connectivity index is 1.66. The largest absolute Gasteiger partial charge is 0.496 e. The number of anilines is 1. The van der Waals surface area contributed by atoms with E-state index in [0.29, 0.717) is 54.1 Å². The summed E-state index contributed by atoms with van der Waals surface area (Å²) in [6.45, 7) is 0.348. The summed E-state index contributed by atoms with van der Waals surface area (Å²) in [5.74, 6) is -0.210. The van der Waals surface area contributed by atoms with Crippen molar-refractivity contribution < 1.29 is 24.5 Å². The van der Waals surface area contributed by atoms with E-state index in [1.54, 1.807) is 18.2 Å². The quantitative estimate of drug-likeness (QED) is 0.385. The number of carboxylic acids is 1. The smallest absolute Gasteiger partial charge is 0.306 e. The van der Waals surface area contributed by atoms with E-state index in [0.717, 1.165) is 12.8 Å². The minimum absolute atomic E-state index is 0.121. The first-order chi connectivity index (χ1) is 16.9. The molecule has 0 bridgehead atoms. The second kappa shape index (κ2) is 12.4. The predicted molar refractivity (Wildman–Crippen MR) is 130 cm³/mol. The normalized spacial score (nSPS) is 18.2. The molecule has 0 spiro atoms. The number of carboxylic acid groups (broad SMARTS) is 1. The van der Waals surface area contributed by atoms with Gasteiger partial charge in [0.05, 0.1) is 41.3 Å². The number of benzene rings is 1. The van der Waals surface area contributed by atoms with Gasteiger partial charge in [0, 0.05) is 24.9 Å². The maximum atomic E-state index is 12.6. The molecule has 3 rings (SSSR count). The van der Waals surface area contributed by atoms with Crippen molar-refractivity contribution in [2.45, 2.75) is 38.1 Å². The van der Waals surface area contributed by atoms with Crippen molar-refractivity contribution in [1.82, 2.24) is 10.3 Å². The highest BCUT2D eigenvalue weighted by Crippen LogP contribution is 2.33. The third-order valence-corrected chi connectivity index (χ3v) is 6.60. The van der Waals surface area contributed by atoms with Gasteiger partial charge in [0.1, 0.15) is 11.6 Å². The standard InChI is InChI=1S/C25H29ClN4O5/c1-35-22-7-4-16(12-27)10-19(22)21(8-9-31)30-23-20(26)11-18(14-28-23)24(32)29-13-15-2-5-17(6-3-15)25(33)34/h4,7,10-11,14-15,17,21,31H,2-3,5-6,8-9,13H2,1H3,(H,28,30)(H,29,32)(H,33,34). The van der Waals surface area contributed by atoms with Crippen LogP contribution in [0.1, 0.15) is 59.6 Å². The van der Waals surface area contributed by atoms with Crippen LogP contribution >= 0.6 is 11.6 Å². The number of amides is 1. The van der Waals surface area contributed by atoms with Gasteiger partial charge in [-0.15, -0.1) is 0 Å². The molecule has 9 nitrogen and oxygen atoms in total. The van der Waals surface area contributed by atoms with Gasteiger partial charge in [-0.05, 0) is 62.3 Å². The fourth-order valence-corrected chi connectivity index (χ4v) is 4.52. The van der Waals surface area contributed by atoms with Crippen molar-refractivity contribution in [3.8, 4) is 11.8 Å². The molecule has 35 heavy (non-hydrogen) atoms. The summed E-state index contributed by atoms with van der Waals surface area (Å²) in [4.78, 5) is 28.0. The number of pyridine rings is 1. The van der Waals surface area contributed by atoms with Crippen LogP contribution in [0, 0.1) is 23.2 Å². The molecule has 186 valence electrons. The number of carbonyl (C=O) groups excluding carboxylic acids is 1. The Hall–Kier alpha value is -3.35. The van der Waals surface area contributed by atoms with E-state index in [1.165, 1.54) is 19.4 Å². The number of carbonyl (C=O) groups is 2. The zero-order valence-electron chi connectivity index (χ0n) is 19.5. The van der Waals surface area contributed by atoms with E-state index in [9.17, 15) is 20.0 Å². The Labute approximate surface area is 209 Å². The van der Waals surface area contributed by atoms with Crippen LogP contribution in [0.2, 0.25) is 5.02 Å². The highest BCUT2D eigenvalue weighted by atomic mass is 35.5. The Morgan fingerprint density at radius 2 is 2.03 bits per heavy atom. The van der Waals surface area contributed by atoms with Crippen LogP contribution in [-0.4, -0.2) is 47.3 Å². The molecule has 1 aromatic heterocycles. The molecule has 1 aromatic carbocycles.